The summed E-state index contributed by atoms with van der Waals surface area (Å²) in [6.45, 7) is 1.04. The Morgan fingerprint density at radius 1 is 1.67 bits per heavy atom. The number of rotatable bonds is 0. The molecule has 0 saturated carbocycles. The maximum atomic E-state index is 5.31. The Labute approximate surface area is 37.2 Å². The van der Waals surface area contributed by atoms with Crippen LogP contribution in [0.3, 0.4) is 0 Å². The molecule has 0 fully saturated rings. The van der Waals surface area contributed by atoms with Crippen LogP contribution >= 0.6 is 0 Å². The molecule has 6 heavy (non-hydrogen) atoms. The van der Waals surface area contributed by atoms with Gasteiger partial charge in [-0.05, 0) is 0 Å². The highest BCUT2D eigenvalue weighted by molar-refractivity contribution is 5.51. The van der Waals surface area contributed by atoms with E-state index in [9.17, 15) is 0 Å². The first-order valence-electron chi connectivity index (χ1n) is 2.24. The predicted octanol–water partition coefficient (Wildman–Crippen LogP) is -0.263. The Hall–Kier alpha value is -0.530. The van der Waals surface area contributed by atoms with Crippen LogP contribution in [0.2, 0.25) is 0 Å². The second-order valence-electron chi connectivity index (χ2n) is 1.56. The molecule has 2 nitrogen and oxygen atoms in total. The Kier molecular flexibility index (Phi) is 0.783. The molecular formula is C4H9N2+. The average Bonchev–Trinajstić information content (AvgIpc) is 1.86. The zero-order valence-corrected chi connectivity index (χ0v) is 3.72. The Morgan fingerprint density at radius 2 is 2.50 bits per heavy atom. The molecule has 2 N–H and O–H groups in total. The molecule has 0 amide bonds. The lowest BCUT2D eigenvalue weighted by Gasteiger charge is -1.76. The summed E-state index contributed by atoms with van der Waals surface area (Å²) in [5.74, 6) is 5.31. The van der Waals surface area contributed by atoms with Crippen molar-refractivity contribution in [3.8, 4) is 0 Å². The van der Waals surface area contributed by atoms with Crippen LogP contribution in [0.4, 0.5) is 0 Å². The summed E-state index contributed by atoms with van der Waals surface area (Å²) in [5, 5.41) is 0. The quantitative estimate of drug-likeness (QED) is 0.318. The topological polar surface area (TPSA) is 29.0 Å². The lowest BCUT2D eigenvalue weighted by Crippen LogP contribution is -2.15. The van der Waals surface area contributed by atoms with Crippen molar-refractivity contribution >= 4 is 6.21 Å². The van der Waals surface area contributed by atoms with Crippen LogP contribution in [0, 0.1) is 0 Å². The second kappa shape index (κ2) is 1.29. The van der Waals surface area contributed by atoms with Crippen LogP contribution in [0.1, 0.15) is 12.8 Å². The minimum Gasteiger partial charge on any atom is -0.211 e. The van der Waals surface area contributed by atoms with Crippen LogP contribution < -0.4 is 5.84 Å². The molecule has 0 bridgehead atoms. The van der Waals surface area contributed by atoms with E-state index in [0.29, 0.717) is 0 Å². The van der Waals surface area contributed by atoms with Gasteiger partial charge in [0.1, 0.15) is 0 Å². The molecule has 0 spiro atoms. The fraction of sp³-hybridized carbons (Fsp3) is 0.750. The van der Waals surface area contributed by atoms with Gasteiger partial charge in [-0.25, -0.2) is 5.84 Å². The van der Waals surface area contributed by atoms with Gasteiger partial charge >= 0.3 is 0 Å². The van der Waals surface area contributed by atoms with Crippen molar-refractivity contribution in [1.29, 1.82) is 0 Å². The smallest absolute Gasteiger partial charge is 0.171 e. The first-order chi connectivity index (χ1) is 2.89. The number of hydrogen-bond donors (Lipinski definition) is 1. The molecule has 0 aromatic heterocycles. The molecule has 0 atom stereocenters. The zero-order chi connectivity index (χ0) is 4.41. The van der Waals surface area contributed by atoms with Gasteiger partial charge in [0.05, 0.1) is 0 Å². The Balaban J connectivity index is 2.45. The summed E-state index contributed by atoms with van der Waals surface area (Å²) in [7, 11) is 0. The van der Waals surface area contributed by atoms with Crippen molar-refractivity contribution in [1.82, 2.24) is 0 Å². The van der Waals surface area contributed by atoms with E-state index in [1.165, 1.54) is 6.42 Å². The van der Waals surface area contributed by atoms with E-state index in [0.717, 1.165) is 13.0 Å². The molecule has 1 aliphatic rings. The molecule has 0 aliphatic carbocycles. The third-order valence-electron chi connectivity index (χ3n) is 0.984. The highest BCUT2D eigenvalue weighted by Gasteiger charge is 2.03. The maximum Gasteiger partial charge on any atom is 0.171 e. The highest BCUT2D eigenvalue weighted by Crippen LogP contribution is 1.89. The van der Waals surface area contributed by atoms with Crippen molar-refractivity contribution in [3.63, 3.8) is 0 Å². The van der Waals surface area contributed by atoms with Gasteiger partial charge in [0.2, 0.25) is 0 Å². The number of hydrogen-bond acceptors (Lipinski definition) is 1. The number of hydrazine groups is 1. The average molecular weight is 85.1 g/mol. The third kappa shape index (κ3) is 0.506. The third-order valence-corrected chi connectivity index (χ3v) is 0.984. The second-order valence-corrected chi connectivity index (χ2v) is 1.56. The summed E-state index contributed by atoms with van der Waals surface area (Å²) >= 11 is 0. The van der Waals surface area contributed by atoms with Crippen molar-refractivity contribution in [2.24, 2.45) is 5.84 Å². The minimum atomic E-state index is 1.04. The highest BCUT2D eigenvalue weighted by atomic mass is 15.3. The Morgan fingerprint density at radius 3 is 2.67 bits per heavy atom. The lowest BCUT2D eigenvalue weighted by molar-refractivity contribution is -0.527. The van der Waals surface area contributed by atoms with Crippen molar-refractivity contribution in [3.05, 3.63) is 0 Å². The van der Waals surface area contributed by atoms with Gasteiger partial charge in [-0.2, -0.15) is 0 Å². The molecule has 0 aromatic rings. The molecule has 2 heteroatoms. The SMILES string of the molecule is N[N+]1=CCCC1. The fourth-order valence-corrected chi connectivity index (χ4v) is 0.622. The summed E-state index contributed by atoms with van der Waals surface area (Å²) in [4.78, 5) is 0. The molecule has 1 heterocycles. The van der Waals surface area contributed by atoms with Crippen molar-refractivity contribution in [2.45, 2.75) is 12.8 Å². The summed E-state index contributed by atoms with van der Waals surface area (Å²) in [6, 6.07) is 0. The molecular weight excluding hydrogens is 76.1 g/mol. The largest absolute Gasteiger partial charge is 0.211 e. The van der Waals surface area contributed by atoms with Crippen molar-refractivity contribution in [2.75, 3.05) is 6.54 Å². The van der Waals surface area contributed by atoms with E-state index in [2.05, 4.69) is 0 Å². The van der Waals surface area contributed by atoms with E-state index in [1.807, 2.05) is 6.21 Å². The van der Waals surface area contributed by atoms with Gasteiger partial charge in [-0.1, -0.05) is 0 Å². The van der Waals surface area contributed by atoms with E-state index in [-0.39, 0.29) is 0 Å². The molecule has 1 aliphatic heterocycles. The van der Waals surface area contributed by atoms with Gasteiger partial charge in [-0.3, -0.25) is 0 Å². The summed E-state index contributed by atoms with van der Waals surface area (Å²) < 4.78 is 1.74. The Bertz CT molecular complexity index is 75.6. The lowest BCUT2D eigenvalue weighted by atomic mass is 10.4. The van der Waals surface area contributed by atoms with Crippen LogP contribution in [0.15, 0.2) is 0 Å². The van der Waals surface area contributed by atoms with Gasteiger partial charge < -0.3 is 0 Å². The fourth-order valence-electron chi connectivity index (χ4n) is 0.622. The summed E-state index contributed by atoms with van der Waals surface area (Å²) in [6.07, 6.45) is 4.41. The first kappa shape index (κ1) is 3.65. The standard InChI is InChI=1S/C4H9N2/c5-6-3-1-2-4-6/h3H,1-2,4-5H2/q+1. The van der Waals surface area contributed by atoms with E-state index >= 15 is 0 Å². The predicted molar refractivity (Wildman–Crippen MR) is 24.6 cm³/mol. The number of nitrogens with zero attached hydrogens (tertiary/aromatic N) is 1. The first-order valence-corrected chi connectivity index (χ1v) is 2.24. The number of hydrazone groups is 1. The van der Waals surface area contributed by atoms with Gasteiger partial charge in [0.15, 0.2) is 12.8 Å². The molecule has 34 valence electrons. The van der Waals surface area contributed by atoms with Gasteiger partial charge in [-0.15, -0.1) is 4.68 Å². The van der Waals surface area contributed by atoms with Crippen molar-refractivity contribution < 1.29 is 4.68 Å². The molecule has 0 unspecified atom stereocenters. The van der Waals surface area contributed by atoms with E-state index < -0.39 is 0 Å². The maximum absolute atomic E-state index is 5.31. The van der Waals surface area contributed by atoms with Crippen LogP contribution in [-0.2, 0) is 0 Å². The van der Waals surface area contributed by atoms with E-state index in [1.54, 1.807) is 4.68 Å². The molecule has 0 saturated heterocycles. The normalized spacial score (nSPS) is 21.0. The molecule has 0 radical (unpaired) electrons. The van der Waals surface area contributed by atoms with Crippen LogP contribution in [0.5, 0.6) is 0 Å². The minimum absolute atomic E-state index is 1.04. The van der Waals surface area contributed by atoms with Crippen LogP contribution in [-0.4, -0.2) is 17.4 Å². The monoisotopic (exact) mass is 85.1 g/mol. The molecule has 1 rings (SSSR count). The van der Waals surface area contributed by atoms with Gasteiger partial charge in [0, 0.05) is 12.8 Å². The van der Waals surface area contributed by atoms with Crippen LogP contribution in [0.25, 0.3) is 0 Å². The number of nitrogens with two attached hydrogens (primary N) is 1. The summed E-state index contributed by atoms with van der Waals surface area (Å²) in [5.41, 5.74) is 0. The van der Waals surface area contributed by atoms with E-state index in [4.69, 9.17) is 5.84 Å². The zero-order valence-electron chi connectivity index (χ0n) is 3.72. The van der Waals surface area contributed by atoms with Gasteiger partial charge in [0.25, 0.3) is 0 Å². The molecule has 0 aromatic carbocycles.